The molecule has 0 fully saturated rings. The molecule has 2 aromatic rings. The van der Waals surface area contributed by atoms with Crippen LogP contribution in [0.1, 0.15) is 15.9 Å². The van der Waals surface area contributed by atoms with Gasteiger partial charge in [-0.1, -0.05) is 6.07 Å². The smallest absolute Gasteiger partial charge is 0.339 e. The topological polar surface area (TPSA) is 59.4 Å². The maximum atomic E-state index is 11.1. The van der Waals surface area contributed by atoms with Crippen LogP contribution in [0.25, 0.3) is 0 Å². The molecule has 5 heteroatoms. The van der Waals surface area contributed by atoms with Crippen LogP contribution in [0.15, 0.2) is 41.1 Å². The minimum absolute atomic E-state index is 0.129. The van der Waals surface area contributed by atoms with Crippen LogP contribution in [0.2, 0.25) is 0 Å². The molecule has 1 aromatic heterocycles. The molecule has 1 N–H and O–H groups in total. The average Bonchev–Trinajstić information content (AvgIpc) is 2.32. The highest BCUT2D eigenvalue weighted by atomic mass is 79.9. The van der Waals surface area contributed by atoms with Gasteiger partial charge in [-0.15, -0.1) is 0 Å². The van der Waals surface area contributed by atoms with E-state index in [1.807, 2.05) is 6.92 Å². The van der Waals surface area contributed by atoms with E-state index in [2.05, 4.69) is 20.9 Å². The Hall–Kier alpha value is -1.88. The predicted octanol–water partition coefficient (Wildman–Crippen LogP) is 3.64. The van der Waals surface area contributed by atoms with Crippen molar-refractivity contribution in [2.75, 3.05) is 0 Å². The first-order valence-electron chi connectivity index (χ1n) is 5.19. The first kappa shape index (κ1) is 12.6. The summed E-state index contributed by atoms with van der Waals surface area (Å²) in [5.41, 5.74) is 1.06. The molecule has 0 saturated heterocycles. The van der Waals surface area contributed by atoms with Crippen molar-refractivity contribution >= 4 is 21.9 Å². The summed E-state index contributed by atoms with van der Waals surface area (Å²) in [6.45, 7) is 1.88. The Bertz CT molecular complexity index is 599. The van der Waals surface area contributed by atoms with Gasteiger partial charge in [-0.3, -0.25) is 4.98 Å². The molecule has 0 bridgehead atoms. The van der Waals surface area contributed by atoms with E-state index in [0.29, 0.717) is 16.0 Å². The molecule has 2 rings (SSSR count). The molecule has 0 spiro atoms. The summed E-state index contributed by atoms with van der Waals surface area (Å²) in [6.07, 6.45) is 3.17. The number of carboxylic acids is 1. The summed E-state index contributed by atoms with van der Waals surface area (Å²) >= 11 is 3.30. The Kier molecular flexibility index (Phi) is 3.62. The van der Waals surface area contributed by atoms with E-state index in [0.717, 1.165) is 5.56 Å². The minimum atomic E-state index is -1.02. The maximum Gasteiger partial charge on any atom is 0.339 e. The molecule has 1 heterocycles. The number of aryl methyl sites for hydroxylation is 1. The average molecular weight is 308 g/mol. The van der Waals surface area contributed by atoms with Crippen LogP contribution in [0.4, 0.5) is 0 Å². The molecule has 4 nitrogen and oxygen atoms in total. The van der Waals surface area contributed by atoms with E-state index in [4.69, 9.17) is 9.84 Å². The van der Waals surface area contributed by atoms with Crippen LogP contribution in [0.5, 0.6) is 11.5 Å². The van der Waals surface area contributed by atoms with Gasteiger partial charge >= 0.3 is 5.97 Å². The van der Waals surface area contributed by atoms with Gasteiger partial charge in [-0.25, -0.2) is 4.79 Å². The van der Waals surface area contributed by atoms with Crippen molar-refractivity contribution in [1.29, 1.82) is 0 Å². The van der Waals surface area contributed by atoms with Crippen LogP contribution in [0.3, 0.4) is 0 Å². The number of aromatic nitrogens is 1. The molecule has 0 aliphatic rings. The van der Waals surface area contributed by atoms with Crippen molar-refractivity contribution in [2.24, 2.45) is 0 Å². The summed E-state index contributed by atoms with van der Waals surface area (Å²) in [5.74, 6) is -0.178. The van der Waals surface area contributed by atoms with Gasteiger partial charge in [0.15, 0.2) is 0 Å². The quantitative estimate of drug-likeness (QED) is 0.940. The highest BCUT2D eigenvalue weighted by Gasteiger charge is 2.13. The number of rotatable bonds is 3. The SMILES string of the molecule is Cc1ccc(C(=O)O)c(Oc2ccncc2Br)c1. The molecule has 0 aliphatic carbocycles. The van der Waals surface area contributed by atoms with Gasteiger partial charge in [0, 0.05) is 18.5 Å². The Labute approximate surface area is 112 Å². The molecule has 0 unspecified atom stereocenters. The monoisotopic (exact) mass is 307 g/mol. The fourth-order valence-electron chi connectivity index (χ4n) is 1.45. The van der Waals surface area contributed by atoms with Crippen molar-refractivity contribution in [1.82, 2.24) is 4.98 Å². The molecule has 0 radical (unpaired) electrons. The Morgan fingerprint density at radius 1 is 1.33 bits per heavy atom. The van der Waals surface area contributed by atoms with Crippen LogP contribution < -0.4 is 4.74 Å². The number of aromatic carboxylic acids is 1. The van der Waals surface area contributed by atoms with Gasteiger partial charge in [-0.2, -0.15) is 0 Å². The molecule has 0 aliphatic heterocycles. The molecule has 0 atom stereocenters. The Morgan fingerprint density at radius 3 is 2.78 bits per heavy atom. The lowest BCUT2D eigenvalue weighted by molar-refractivity contribution is 0.0694. The summed E-state index contributed by atoms with van der Waals surface area (Å²) in [7, 11) is 0. The largest absolute Gasteiger partial charge is 0.478 e. The predicted molar refractivity (Wildman–Crippen MR) is 70.1 cm³/mol. The van der Waals surface area contributed by atoms with Crippen molar-refractivity contribution in [3.63, 3.8) is 0 Å². The molecule has 0 amide bonds. The third-order valence-corrected chi connectivity index (χ3v) is 2.92. The van der Waals surface area contributed by atoms with Crippen molar-refractivity contribution < 1.29 is 14.6 Å². The number of benzene rings is 1. The number of ether oxygens (including phenoxy) is 1. The molecule has 92 valence electrons. The van der Waals surface area contributed by atoms with E-state index in [9.17, 15) is 4.79 Å². The van der Waals surface area contributed by atoms with Gasteiger partial charge in [0.25, 0.3) is 0 Å². The normalized spacial score (nSPS) is 10.1. The number of carboxylic acid groups (broad SMARTS) is 1. The van der Waals surface area contributed by atoms with Gasteiger partial charge in [0.2, 0.25) is 0 Å². The van der Waals surface area contributed by atoms with Crippen LogP contribution in [-0.4, -0.2) is 16.1 Å². The van der Waals surface area contributed by atoms with Crippen molar-refractivity contribution in [3.05, 3.63) is 52.3 Å². The first-order valence-corrected chi connectivity index (χ1v) is 5.98. The lowest BCUT2D eigenvalue weighted by atomic mass is 10.1. The second-order valence-corrected chi connectivity index (χ2v) is 4.57. The highest BCUT2D eigenvalue weighted by Crippen LogP contribution is 2.31. The fourth-order valence-corrected chi connectivity index (χ4v) is 1.79. The van der Waals surface area contributed by atoms with Gasteiger partial charge in [0.05, 0.1) is 4.47 Å². The van der Waals surface area contributed by atoms with E-state index >= 15 is 0 Å². The van der Waals surface area contributed by atoms with Crippen LogP contribution >= 0.6 is 15.9 Å². The van der Waals surface area contributed by atoms with E-state index in [1.54, 1.807) is 30.6 Å². The maximum absolute atomic E-state index is 11.1. The number of carbonyl (C=O) groups is 1. The second kappa shape index (κ2) is 5.18. The zero-order chi connectivity index (χ0) is 13.1. The molecular formula is C13H10BrNO3. The molecular weight excluding hydrogens is 298 g/mol. The van der Waals surface area contributed by atoms with Crippen molar-refractivity contribution in [2.45, 2.75) is 6.92 Å². The van der Waals surface area contributed by atoms with Gasteiger partial charge in [0.1, 0.15) is 17.1 Å². The molecule has 0 saturated carbocycles. The van der Waals surface area contributed by atoms with Crippen LogP contribution in [0, 0.1) is 6.92 Å². The Balaban J connectivity index is 2.42. The number of pyridine rings is 1. The lowest BCUT2D eigenvalue weighted by Gasteiger charge is -2.10. The lowest BCUT2D eigenvalue weighted by Crippen LogP contribution is -2.00. The number of halogens is 1. The van der Waals surface area contributed by atoms with Gasteiger partial charge < -0.3 is 9.84 Å². The summed E-state index contributed by atoms with van der Waals surface area (Å²) in [4.78, 5) is 15.0. The van der Waals surface area contributed by atoms with Crippen LogP contribution in [-0.2, 0) is 0 Å². The zero-order valence-electron chi connectivity index (χ0n) is 9.55. The van der Waals surface area contributed by atoms with Gasteiger partial charge in [-0.05, 0) is 40.5 Å². The van der Waals surface area contributed by atoms with E-state index in [1.165, 1.54) is 6.07 Å². The molecule has 1 aromatic carbocycles. The highest BCUT2D eigenvalue weighted by molar-refractivity contribution is 9.10. The third kappa shape index (κ3) is 2.68. The first-order chi connectivity index (χ1) is 8.58. The number of nitrogens with zero attached hydrogens (tertiary/aromatic N) is 1. The van der Waals surface area contributed by atoms with E-state index < -0.39 is 5.97 Å². The zero-order valence-corrected chi connectivity index (χ0v) is 11.1. The van der Waals surface area contributed by atoms with Crippen molar-refractivity contribution in [3.8, 4) is 11.5 Å². The number of hydrogen-bond donors (Lipinski definition) is 1. The Morgan fingerprint density at radius 2 is 2.11 bits per heavy atom. The summed E-state index contributed by atoms with van der Waals surface area (Å²) < 4.78 is 6.28. The number of hydrogen-bond acceptors (Lipinski definition) is 3. The fraction of sp³-hybridized carbons (Fsp3) is 0.0769. The summed E-state index contributed by atoms with van der Waals surface area (Å²) in [5, 5.41) is 9.10. The third-order valence-electron chi connectivity index (χ3n) is 2.32. The molecule has 18 heavy (non-hydrogen) atoms. The summed E-state index contributed by atoms with van der Waals surface area (Å²) in [6, 6.07) is 6.62. The minimum Gasteiger partial charge on any atom is -0.478 e. The second-order valence-electron chi connectivity index (χ2n) is 3.71. The van der Waals surface area contributed by atoms with E-state index in [-0.39, 0.29) is 5.56 Å². The standard InChI is InChI=1S/C13H10BrNO3/c1-8-2-3-9(13(16)17)12(6-8)18-11-4-5-15-7-10(11)14/h2-7H,1H3,(H,16,17).